The number of carbonyl (C=O) groups is 1. The summed E-state index contributed by atoms with van der Waals surface area (Å²) in [5.74, 6) is 1.71. The highest BCUT2D eigenvalue weighted by Gasteiger charge is 2.48. The Morgan fingerprint density at radius 2 is 1.79 bits per heavy atom. The van der Waals surface area contributed by atoms with Crippen molar-refractivity contribution in [3.8, 4) is 0 Å². The zero-order chi connectivity index (χ0) is 12.9. The Labute approximate surface area is 115 Å². The second-order valence-corrected chi connectivity index (χ2v) is 7.05. The Morgan fingerprint density at radius 3 is 2.63 bits per heavy atom. The van der Waals surface area contributed by atoms with E-state index >= 15 is 0 Å². The van der Waals surface area contributed by atoms with Gasteiger partial charge in [-0.15, -0.1) is 0 Å². The average molecular weight is 254 g/mol. The fourth-order valence-corrected chi connectivity index (χ4v) is 5.13. The summed E-state index contributed by atoms with van der Waals surface area (Å²) in [5.41, 5.74) is 2.98. The van der Waals surface area contributed by atoms with Crippen LogP contribution in [0.5, 0.6) is 0 Å². The lowest BCUT2D eigenvalue weighted by molar-refractivity contribution is 0.0939. The lowest BCUT2D eigenvalue weighted by Crippen LogP contribution is -2.21. The second-order valence-electron chi connectivity index (χ2n) is 7.05. The van der Waals surface area contributed by atoms with E-state index in [2.05, 4.69) is 12.1 Å². The molecule has 3 aliphatic carbocycles. The number of hydrogen-bond donors (Lipinski definition) is 0. The van der Waals surface area contributed by atoms with Gasteiger partial charge < -0.3 is 0 Å². The van der Waals surface area contributed by atoms with Gasteiger partial charge in [0.1, 0.15) is 0 Å². The Kier molecular flexibility index (Phi) is 2.58. The summed E-state index contributed by atoms with van der Waals surface area (Å²) in [7, 11) is 0. The van der Waals surface area contributed by atoms with E-state index in [0.29, 0.717) is 23.0 Å². The van der Waals surface area contributed by atoms with Crippen LogP contribution in [0.1, 0.15) is 73.2 Å². The minimum atomic E-state index is 0.393. The van der Waals surface area contributed by atoms with Crippen molar-refractivity contribution in [2.75, 3.05) is 0 Å². The number of rotatable bonds is 0. The van der Waals surface area contributed by atoms with Gasteiger partial charge in [-0.25, -0.2) is 0 Å². The molecule has 0 aromatic heterocycles. The molecule has 19 heavy (non-hydrogen) atoms. The van der Waals surface area contributed by atoms with Crippen LogP contribution in [-0.4, -0.2) is 5.78 Å². The Morgan fingerprint density at radius 1 is 1.00 bits per heavy atom. The van der Waals surface area contributed by atoms with Crippen LogP contribution in [0.3, 0.4) is 0 Å². The van der Waals surface area contributed by atoms with E-state index in [-0.39, 0.29) is 0 Å². The quantitative estimate of drug-likeness (QED) is 0.655. The van der Waals surface area contributed by atoms with Gasteiger partial charge in [0.05, 0.1) is 0 Å². The summed E-state index contributed by atoms with van der Waals surface area (Å²) < 4.78 is 0. The van der Waals surface area contributed by atoms with Gasteiger partial charge in [-0.1, -0.05) is 43.5 Å². The van der Waals surface area contributed by atoms with Crippen molar-refractivity contribution in [2.24, 2.45) is 11.3 Å². The van der Waals surface area contributed by atoms with Crippen LogP contribution < -0.4 is 0 Å². The zero-order valence-electron chi connectivity index (χ0n) is 11.5. The molecule has 1 aromatic carbocycles. The molecule has 0 radical (unpaired) electrons. The third-order valence-corrected chi connectivity index (χ3v) is 5.94. The lowest BCUT2D eigenvalue weighted by atomic mass is 9.72. The van der Waals surface area contributed by atoms with Crippen molar-refractivity contribution in [1.29, 1.82) is 0 Å². The molecule has 1 spiro atoms. The summed E-state index contributed by atoms with van der Waals surface area (Å²) in [4.78, 5) is 12.3. The maximum absolute atomic E-state index is 12.3. The van der Waals surface area contributed by atoms with Crippen LogP contribution in [0.2, 0.25) is 0 Å². The number of fused-ring (bicyclic) bond motifs is 3. The standard InChI is InChI=1S/C18H22O/c19-17-10-13-11-18(8-4-1-5-9-18)12-16(13)14-6-2-3-7-15(14)17/h2-3,6-7,13,16H,1,4-5,8-12H2/t13-,16+/m0/s1. The molecule has 0 N–H and O–H groups in total. The van der Waals surface area contributed by atoms with Crippen LogP contribution in [0, 0.1) is 11.3 Å². The third kappa shape index (κ3) is 1.78. The monoisotopic (exact) mass is 254 g/mol. The summed E-state index contributed by atoms with van der Waals surface area (Å²) in [6.07, 6.45) is 10.5. The van der Waals surface area contributed by atoms with E-state index in [1.807, 2.05) is 12.1 Å². The van der Waals surface area contributed by atoms with Crippen molar-refractivity contribution in [3.05, 3.63) is 35.4 Å². The molecule has 3 aliphatic rings. The molecule has 0 saturated heterocycles. The number of ketones is 1. The van der Waals surface area contributed by atoms with Crippen molar-refractivity contribution in [2.45, 2.75) is 57.3 Å². The molecule has 1 nitrogen and oxygen atoms in total. The third-order valence-electron chi connectivity index (χ3n) is 5.94. The van der Waals surface area contributed by atoms with Gasteiger partial charge in [0.25, 0.3) is 0 Å². The van der Waals surface area contributed by atoms with E-state index < -0.39 is 0 Å². The smallest absolute Gasteiger partial charge is 0.163 e. The van der Waals surface area contributed by atoms with E-state index in [9.17, 15) is 4.79 Å². The maximum atomic E-state index is 12.3. The molecule has 2 fully saturated rings. The highest BCUT2D eigenvalue weighted by Crippen LogP contribution is 2.59. The highest BCUT2D eigenvalue weighted by molar-refractivity contribution is 5.99. The first-order valence-corrected chi connectivity index (χ1v) is 7.90. The summed E-state index contributed by atoms with van der Waals surface area (Å²) in [6, 6.07) is 8.38. The molecule has 0 unspecified atom stereocenters. The predicted octanol–water partition coefficient (Wildman–Crippen LogP) is 4.72. The normalized spacial score (nSPS) is 32.1. The van der Waals surface area contributed by atoms with Gasteiger partial charge in [-0.2, -0.15) is 0 Å². The minimum absolute atomic E-state index is 0.393. The minimum Gasteiger partial charge on any atom is -0.294 e. The second kappa shape index (κ2) is 4.19. The Hall–Kier alpha value is -1.11. The first-order valence-electron chi connectivity index (χ1n) is 7.90. The van der Waals surface area contributed by atoms with Gasteiger partial charge >= 0.3 is 0 Å². The molecule has 1 aromatic rings. The van der Waals surface area contributed by atoms with Gasteiger partial charge in [-0.05, 0) is 48.5 Å². The lowest BCUT2D eigenvalue weighted by Gasteiger charge is -2.33. The highest BCUT2D eigenvalue weighted by atomic mass is 16.1. The average Bonchev–Trinajstić information content (AvgIpc) is 2.78. The molecule has 1 heteroatoms. The molecule has 0 amide bonds. The van der Waals surface area contributed by atoms with E-state index in [1.165, 1.54) is 50.5 Å². The molecular formula is C18H22O. The molecule has 4 rings (SSSR count). The molecule has 100 valence electrons. The summed E-state index contributed by atoms with van der Waals surface area (Å²) in [6.45, 7) is 0. The summed E-state index contributed by atoms with van der Waals surface area (Å²) in [5, 5.41) is 0. The largest absolute Gasteiger partial charge is 0.294 e. The van der Waals surface area contributed by atoms with Crippen LogP contribution in [-0.2, 0) is 0 Å². The first kappa shape index (κ1) is 11.7. The number of benzene rings is 1. The van der Waals surface area contributed by atoms with Crippen molar-refractivity contribution in [1.82, 2.24) is 0 Å². The molecule has 0 heterocycles. The molecule has 0 bridgehead atoms. The summed E-state index contributed by atoms with van der Waals surface area (Å²) >= 11 is 0. The number of Topliss-reactive ketones (excluding diaryl/α,β-unsaturated/α-hetero) is 1. The van der Waals surface area contributed by atoms with Crippen LogP contribution in [0.15, 0.2) is 24.3 Å². The molecule has 2 saturated carbocycles. The van der Waals surface area contributed by atoms with Crippen LogP contribution >= 0.6 is 0 Å². The van der Waals surface area contributed by atoms with Crippen molar-refractivity contribution in [3.63, 3.8) is 0 Å². The van der Waals surface area contributed by atoms with Crippen LogP contribution in [0.25, 0.3) is 0 Å². The molecule has 0 aliphatic heterocycles. The first-order chi connectivity index (χ1) is 9.27. The molecule has 2 atom stereocenters. The van der Waals surface area contributed by atoms with E-state index in [0.717, 1.165) is 12.0 Å². The number of hydrogen-bond acceptors (Lipinski definition) is 1. The van der Waals surface area contributed by atoms with Gasteiger partial charge in [0.2, 0.25) is 0 Å². The van der Waals surface area contributed by atoms with Gasteiger partial charge in [0, 0.05) is 12.0 Å². The topological polar surface area (TPSA) is 17.1 Å². The van der Waals surface area contributed by atoms with Gasteiger partial charge in [-0.3, -0.25) is 4.79 Å². The van der Waals surface area contributed by atoms with Crippen LogP contribution in [0.4, 0.5) is 0 Å². The SMILES string of the molecule is O=C1C[C@H]2CC3(CCCCC3)C[C@H]2c2ccccc21. The van der Waals surface area contributed by atoms with E-state index in [4.69, 9.17) is 0 Å². The fraction of sp³-hybridized carbons (Fsp3) is 0.611. The maximum Gasteiger partial charge on any atom is 0.163 e. The van der Waals surface area contributed by atoms with E-state index in [1.54, 1.807) is 0 Å². The molecular weight excluding hydrogens is 232 g/mol. The Balaban J connectivity index is 1.70. The van der Waals surface area contributed by atoms with Gasteiger partial charge in [0.15, 0.2) is 5.78 Å². The Bertz CT molecular complexity index is 510. The predicted molar refractivity (Wildman–Crippen MR) is 76.4 cm³/mol. The number of carbonyl (C=O) groups excluding carboxylic acids is 1. The van der Waals surface area contributed by atoms with Crippen molar-refractivity contribution < 1.29 is 4.79 Å². The fourth-order valence-electron chi connectivity index (χ4n) is 5.13. The zero-order valence-corrected chi connectivity index (χ0v) is 11.5. The van der Waals surface area contributed by atoms with Crippen molar-refractivity contribution >= 4 is 5.78 Å².